The molecule has 1 aliphatic carbocycles. The molecule has 7 heteroatoms. The van der Waals surface area contributed by atoms with E-state index in [1.54, 1.807) is 24.3 Å². The number of nitriles is 1. The number of carbonyl (C=O) groups is 1. The quantitative estimate of drug-likeness (QED) is 0.294. The summed E-state index contributed by atoms with van der Waals surface area (Å²) in [5.41, 5.74) is 6.17. The molecule has 3 aromatic rings. The molecule has 1 unspecified atom stereocenters. The van der Waals surface area contributed by atoms with Crippen molar-refractivity contribution in [2.24, 2.45) is 5.16 Å². The topological polar surface area (TPSA) is 101 Å². The van der Waals surface area contributed by atoms with Crippen LogP contribution < -0.4 is 9.47 Å². The monoisotopic (exact) mass is 484 g/mol. The molecule has 7 nitrogen and oxygen atoms in total. The third kappa shape index (κ3) is 6.42. The molecule has 36 heavy (non-hydrogen) atoms. The summed E-state index contributed by atoms with van der Waals surface area (Å²) in [4.78, 5) is 16.0. The van der Waals surface area contributed by atoms with Crippen LogP contribution in [0.4, 0.5) is 0 Å². The molecule has 0 saturated heterocycles. The van der Waals surface area contributed by atoms with Crippen LogP contribution in [0.1, 0.15) is 46.6 Å². The molecule has 184 valence electrons. The normalized spacial score (nSPS) is 13.4. The van der Waals surface area contributed by atoms with Crippen molar-refractivity contribution in [3.8, 4) is 17.6 Å². The Bertz CT molecular complexity index is 1260. The lowest BCUT2D eigenvalue weighted by Crippen LogP contribution is -2.14. The number of hydrogen-bond acceptors (Lipinski definition) is 6. The predicted octanol–water partition coefficient (Wildman–Crippen LogP) is 5.27. The molecule has 0 fully saturated rings. The van der Waals surface area contributed by atoms with Gasteiger partial charge < -0.3 is 19.4 Å². The average molecular weight is 485 g/mol. The summed E-state index contributed by atoms with van der Waals surface area (Å²) in [6.45, 7) is 0.655. The van der Waals surface area contributed by atoms with Crippen molar-refractivity contribution in [1.82, 2.24) is 0 Å². The fraction of sp³-hybridized carbons (Fsp3) is 0.276. The molecular weight excluding hydrogens is 456 g/mol. The molecule has 1 N–H and O–H groups in total. The molecule has 0 saturated carbocycles. The highest BCUT2D eigenvalue weighted by atomic mass is 16.6. The van der Waals surface area contributed by atoms with Gasteiger partial charge in [-0.25, -0.2) is 0 Å². The first-order valence-electron chi connectivity index (χ1n) is 11.8. The molecule has 3 aromatic carbocycles. The Labute approximate surface area is 210 Å². The average Bonchev–Trinajstić information content (AvgIpc) is 3.37. The van der Waals surface area contributed by atoms with E-state index in [9.17, 15) is 10.1 Å². The largest absolute Gasteiger partial charge is 0.489 e. The zero-order valence-corrected chi connectivity index (χ0v) is 20.1. The number of aryl methyl sites for hydroxylation is 2. The van der Waals surface area contributed by atoms with Gasteiger partial charge in [0.15, 0.2) is 0 Å². The number of aliphatic carboxylic acids is 1. The first kappa shape index (κ1) is 24.8. The second-order valence-electron chi connectivity index (χ2n) is 8.63. The van der Waals surface area contributed by atoms with Crippen molar-refractivity contribution in [3.05, 3.63) is 94.5 Å². The van der Waals surface area contributed by atoms with Crippen LogP contribution in [0.25, 0.3) is 0 Å². The van der Waals surface area contributed by atoms with Gasteiger partial charge in [0.05, 0.1) is 18.4 Å². The minimum atomic E-state index is -1.00. The van der Waals surface area contributed by atoms with Crippen LogP contribution in [0, 0.1) is 11.3 Å². The number of ether oxygens (including phenoxy) is 2. The standard InChI is InChI=1S/C29H28N2O5/c1-34-31-28(24-8-7-21-3-2-4-23(21)15-24)19-36-26-11-5-20(6-12-26)18-35-27-13-9-22(10-14-27)25(17-30)16-29(32)33/h5-15,25H,2-4,16,18-19H2,1H3,(H,32,33)/b31-28-. The first-order chi connectivity index (χ1) is 17.6. The minimum Gasteiger partial charge on any atom is -0.489 e. The van der Waals surface area contributed by atoms with Gasteiger partial charge in [0.25, 0.3) is 0 Å². The summed E-state index contributed by atoms with van der Waals surface area (Å²) >= 11 is 0. The van der Waals surface area contributed by atoms with Crippen molar-refractivity contribution in [2.75, 3.05) is 13.7 Å². The molecule has 0 spiro atoms. The van der Waals surface area contributed by atoms with Crippen molar-refractivity contribution in [1.29, 1.82) is 5.26 Å². The van der Waals surface area contributed by atoms with Crippen LogP contribution in [-0.2, 0) is 29.1 Å². The smallest absolute Gasteiger partial charge is 0.305 e. The van der Waals surface area contributed by atoms with E-state index in [0.717, 1.165) is 29.7 Å². The lowest BCUT2D eigenvalue weighted by molar-refractivity contribution is -0.137. The third-order valence-corrected chi connectivity index (χ3v) is 6.15. The van der Waals surface area contributed by atoms with Gasteiger partial charge in [0.2, 0.25) is 0 Å². The Morgan fingerprint density at radius 3 is 2.39 bits per heavy atom. The van der Waals surface area contributed by atoms with E-state index >= 15 is 0 Å². The van der Waals surface area contributed by atoms with Crippen molar-refractivity contribution >= 4 is 11.7 Å². The highest BCUT2D eigenvalue weighted by Crippen LogP contribution is 2.24. The maximum Gasteiger partial charge on any atom is 0.305 e. The van der Waals surface area contributed by atoms with Gasteiger partial charge in [-0.1, -0.05) is 41.6 Å². The fourth-order valence-electron chi connectivity index (χ4n) is 4.23. The number of carboxylic acids is 1. The van der Waals surface area contributed by atoms with E-state index in [1.807, 2.05) is 30.3 Å². The molecule has 4 rings (SSSR count). The van der Waals surface area contributed by atoms with E-state index < -0.39 is 11.9 Å². The Kier molecular flexibility index (Phi) is 8.20. The van der Waals surface area contributed by atoms with Gasteiger partial charge in [-0.3, -0.25) is 4.79 Å². The van der Waals surface area contributed by atoms with Gasteiger partial charge >= 0.3 is 5.97 Å². The van der Waals surface area contributed by atoms with Gasteiger partial charge in [0.1, 0.15) is 37.5 Å². The molecule has 0 bridgehead atoms. The lowest BCUT2D eigenvalue weighted by atomic mass is 9.97. The summed E-state index contributed by atoms with van der Waals surface area (Å²) in [5.74, 6) is -0.323. The Morgan fingerprint density at radius 2 is 1.69 bits per heavy atom. The zero-order chi connectivity index (χ0) is 25.3. The number of rotatable bonds is 11. The summed E-state index contributed by atoms with van der Waals surface area (Å²) in [6, 6.07) is 23.0. The molecule has 0 radical (unpaired) electrons. The number of fused-ring (bicyclic) bond motifs is 1. The van der Waals surface area contributed by atoms with E-state index in [0.29, 0.717) is 30.3 Å². The van der Waals surface area contributed by atoms with Gasteiger partial charge in [-0.2, -0.15) is 5.26 Å². The van der Waals surface area contributed by atoms with E-state index in [1.165, 1.54) is 24.7 Å². The van der Waals surface area contributed by atoms with Crippen LogP contribution in [0.3, 0.4) is 0 Å². The van der Waals surface area contributed by atoms with Crippen LogP contribution in [0.5, 0.6) is 11.5 Å². The predicted molar refractivity (Wildman–Crippen MR) is 135 cm³/mol. The SMILES string of the molecule is CO/N=C(/COc1ccc(COc2ccc(C(C#N)CC(=O)O)cc2)cc1)c1ccc2c(c1)CCC2. The zero-order valence-electron chi connectivity index (χ0n) is 20.1. The molecular formula is C29H28N2O5. The van der Waals surface area contributed by atoms with Gasteiger partial charge in [-0.15, -0.1) is 0 Å². The molecule has 0 aromatic heterocycles. The van der Waals surface area contributed by atoms with Crippen LogP contribution in [0.15, 0.2) is 71.9 Å². The van der Waals surface area contributed by atoms with Crippen molar-refractivity contribution < 1.29 is 24.2 Å². The van der Waals surface area contributed by atoms with Crippen LogP contribution >= 0.6 is 0 Å². The van der Waals surface area contributed by atoms with Gasteiger partial charge in [0, 0.05) is 5.56 Å². The van der Waals surface area contributed by atoms with Crippen LogP contribution in [0.2, 0.25) is 0 Å². The number of hydrogen-bond donors (Lipinski definition) is 1. The first-order valence-corrected chi connectivity index (χ1v) is 11.8. The number of carboxylic acid groups (broad SMARTS) is 1. The molecule has 0 amide bonds. The summed E-state index contributed by atoms with van der Waals surface area (Å²) in [5, 5.41) is 22.3. The maximum absolute atomic E-state index is 10.9. The Morgan fingerprint density at radius 1 is 1.00 bits per heavy atom. The van der Waals surface area contributed by atoms with E-state index in [-0.39, 0.29) is 6.42 Å². The second-order valence-corrected chi connectivity index (χ2v) is 8.63. The second kappa shape index (κ2) is 11.9. The van der Waals surface area contributed by atoms with Crippen LogP contribution in [-0.4, -0.2) is 30.5 Å². The Hall–Kier alpha value is -4.31. The Balaban J connectivity index is 1.31. The minimum absolute atomic E-state index is 0.225. The summed E-state index contributed by atoms with van der Waals surface area (Å²) in [6.07, 6.45) is 3.21. The highest BCUT2D eigenvalue weighted by Gasteiger charge is 2.15. The van der Waals surface area contributed by atoms with E-state index in [4.69, 9.17) is 19.4 Å². The third-order valence-electron chi connectivity index (χ3n) is 6.15. The van der Waals surface area contributed by atoms with Crippen molar-refractivity contribution in [2.45, 2.75) is 38.2 Å². The number of benzene rings is 3. The summed E-state index contributed by atoms with van der Waals surface area (Å²) in [7, 11) is 1.54. The van der Waals surface area contributed by atoms with E-state index in [2.05, 4.69) is 23.4 Å². The molecule has 0 aliphatic heterocycles. The van der Waals surface area contributed by atoms with Gasteiger partial charge in [-0.05, 0) is 71.8 Å². The molecule has 0 heterocycles. The van der Waals surface area contributed by atoms with Crippen molar-refractivity contribution in [3.63, 3.8) is 0 Å². The lowest BCUT2D eigenvalue weighted by Gasteiger charge is -2.12. The number of nitrogens with zero attached hydrogens (tertiary/aromatic N) is 2. The fourth-order valence-corrected chi connectivity index (χ4v) is 4.23. The summed E-state index contributed by atoms with van der Waals surface area (Å²) < 4.78 is 11.8. The molecule has 1 aliphatic rings. The molecule has 1 atom stereocenters. The highest BCUT2D eigenvalue weighted by molar-refractivity contribution is 6.01. The maximum atomic E-state index is 10.9. The number of oxime groups is 1.